The molecule has 2 N–H and O–H groups in total. The highest BCUT2D eigenvalue weighted by Gasteiger charge is 2.07. The summed E-state index contributed by atoms with van der Waals surface area (Å²) in [5.74, 6) is -0.242. The zero-order valence-corrected chi connectivity index (χ0v) is 15.6. The summed E-state index contributed by atoms with van der Waals surface area (Å²) in [5.41, 5.74) is 2.14. The van der Waals surface area contributed by atoms with E-state index in [1.807, 2.05) is 24.3 Å². The number of hydrogen-bond donors (Lipinski definition) is 2. The van der Waals surface area contributed by atoms with Gasteiger partial charge in [-0.25, -0.2) is 0 Å². The van der Waals surface area contributed by atoms with Gasteiger partial charge in [-0.15, -0.1) is 0 Å². The largest absolute Gasteiger partial charge is 0.385 e. The van der Waals surface area contributed by atoms with Crippen LogP contribution in [-0.2, 0) is 11.3 Å². The molecule has 0 atom stereocenters. The molecule has 0 saturated heterocycles. The van der Waals surface area contributed by atoms with E-state index >= 15 is 0 Å². The minimum Gasteiger partial charge on any atom is -0.385 e. The van der Waals surface area contributed by atoms with Gasteiger partial charge in [0.15, 0.2) is 0 Å². The van der Waals surface area contributed by atoms with Crippen LogP contribution in [0.1, 0.15) is 32.7 Å². The van der Waals surface area contributed by atoms with Crippen LogP contribution in [0, 0.1) is 0 Å². The molecule has 0 aliphatic carbocycles. The third kappa shape index (κ3) is 6.32. The second-order valence-corrected chi connectivity index (χ2v) is 6.40. The first-order valence-electron chi connectivity index (χ1n) is 8.00. The predicted octanol–water partition coefficient (Wildman–Crippen LogP) is 3.15. The molecule has 0 spiro atoms. The van der Waals surface area contributed by atoms with Crippen LogP contribution in [0.25, 0.3) is 0 Å². The molecule has 2 rings (SSSR count). The van der Waals surface area contributed by atoms with Crippen LogP contribution in [0.3, 0.4) is 0 Å². The summed E-state index contributed by atoms with van der Waals surface area (Å²) in [6, 6.07) is 14.4. The van der Waals surface area contributed by atoms with E-state index in [2.05, 4.69) is 26.6 Å². The minimum absolute atomic E-state index is 0.110. The zero-order chi connectivity index (χ0) is 18.1. The summed E-state index contributed by atoms with van der Waals surface area (Å²) >= 11 is 3.34. The Kier molecular flexibility index (Phi) is 7.63. The summed E-state index contributed by atoms with van der Waals surface area (Å²) in [6.45, 7) is 1.61. The van der Waals surface area contributed by atoms with Crippen LogP contribution >= 0.6 is 15.9 Å². The molecule has 25 heavy (non-hydrogen) atoms. The van der Waals surface area contributed by atoms with Gasteiger partial charge in [-0.05, 0) is 48.4 Å². The molecular formula is C19H21BrN2O3. The minimum atomic E-state index is -0.132. The van der Waals surface area contributed by atoms with Gasteiger partial charge in [-0.1, -0.05) is 28.1 Å². The van der Waals surface area contributed by atoms with E-state index in [9.17, 15) is 9.59 Å². The lowest BCUT2D eigenvalue weighted by Crippen LogP contribution is -2.25. The van der Waals surface area contributed by atoms with E-state index in [0.717, 1.165) is 16.5 Å². The van der Waals surface area contributed by atoms with Crippen molar-refractivity contribution in [3.8, 4) is 0 Å². The average Bonchev–Trinajstić information content (AvgIpc) is 2.64. The Bertz CT molecular complexity index is 700. The van der Waals surface area contributed by atoms with Crippen molar-refractivity contribution >= 4 is 27.7 Å². The third-order valence-corrected chi connectivity index (χ3v) is 4.12. The molecule has 0 unspecified atom stereocenters. The molecule has 0 saturated carbocycles. The normalized spacial score (nSPS) is 10.3. The Morgan fingerprint density at radius 1 is 0.920 bits per heavy atom. The molecular weight excluding hydrogens is 384 g/mol. The van der Waals surface area contributed by atoms with Crippen LogP contribution in [0.5, 0.6) is 0 Å². The first kappa shape index (κ1) is 19.1. The van der Waals surface area contributed by atoms with Gasteiger partial charge in [0.1, 0.15) is 0 Å². The lowest BCUT2D eigenvalue weighted by atomic mass is 10.1. The highest BCUT2D eigenvalue weighted by Crippen LogP contribution is 2.11. The summed E-state index contributed by atoms with van der Waals surface area (Å²) < 4.78 is 5.87. The molecule has 6 heteroatoms. The molecule has 0 bridgehead atoms. The quantitative estimate of drug-likeness (QED) is 0.664. The van der Waals surface area contributed by atoms with Gasteiger partial charge in [0.05, 0.1) is 0 Å². The number of carbonyl (C=O) groups excluding carboxylic acids is 2. The Morgan fingerprint density at radius 3 is 2.08 bits per heavy atom. The van der Waals surface area contributed by atoms with E-state index in [0.29, 0.717) is 30.8 Å². The second kappa shape index (κ2) is 9.96. The number of hydrogen-bond acceptors (Lipinski definition) is 3. The number of amides is 2. The highest BCUT2D eigenvalue weighted by atomic mass is 79.9. The van der Waals surface area contributed by atoms with Crippen molar-refractivity contribution in [3.63, 3.8) is 0 Å². The molecule has 132 valence electrons. The number of ether oxygens (including phenoxy) is 1. The monoisotopic (exact) mass is 404 g/mol. The molecule has 0 heterocycles. The summed E-state index contributed by atoms with van der Waals surface area (Å²) in [4.78, 5) is 24.0. The number of rotatable bonds is 8. The lowest BCUT2D eigenvalue weighted by molar-refractivity contribution is 0.0940. The number of benzene rings is 2. The maximum absolute atomic E-state index is 12.1. The van der Waals surface area contributed by atoms with Crippen molar-refractivity contribution in [2.45, 2.75) is 13.0 Å². The van der Waals surface area contributed by atoms with Gasteiger partial charge in [0.25, 0.3) is 11.8 Å². The average molecular weight is 405 g/mol. The van der Waals surface area contributed by atoms with Gasteiger partial charge >= 0.3 is 0 Å². The molecule has 0 aliphatic heterocycles. The number of methoxy groups -OCH3 is 1. The molecule has 5 nitrogen and oxygen atoms in total. The number of nitrogens with one attached hydrogen (secondary N) is 2. The van der Waals surface area contributed by atoms with E-state index < -0.39 is 0 Å². The van der Waals surface area contributed by atoms with Gasteiger partial charge < -0.3 is 15.4 Å². The van der Waals surface area contributed by atoms with Gasteiger partial charge in [0, 0.05) is 42.4 Å². The molecule has 0 fully saturated rings. The Balaban J connectivity index is 1.82. The van der Waals surface area contributed by atoms with Crippen molar-refractivity contribution in [1.29, 1.82) is 0 Å². The van der Waals surface area contributed by atoms with Crippen LogP contribution in [0.2, 0.25) is 0 Å². The summed E-state index contributed by atoms with van der Waals surface area (Å²) in [5, 5.41) is 5.70. The van der Waals surface area contributed by atoms with E-state index in [1.54, 1.807) is 31.4 Å². The molecule has 0 radical (unpaired) electrons. The SMILES string of the molecule is COCCCNC(=O)c1ccc(CNC(=O)c2ccc(Br)cc2)cc1. The predicted molar refractivity (Wildman–Crippen MR) is 101 cm³/mol. The molecule has 2 aromatic carbocycles. The summed E-state index contributed by atoms with van der Waals surface area (Å²) in [7, 11) is 1.63. The van der Waals surface area contributed by atoms with Crippen molar-refractivity contribution in [2.24, 2.45) is 0 Å². The first-order chi connectivity index (χ1) is 12.1. The van der Waals surface area contributed by atoms with Crippen LogP contribution < -0.4 is 10.6 Å². The van der Waals surface area contributed by atoms with Gasteiger partial charge in [0.2, 0.25) is 0 Å². The van der Waals surface area contributed by atoms with Gasteiger partial charge in [-0.3, -0.25) is 9.59 Å². The van der Waals surface area contributed by atoms with Crippen LogP contribution in [0.4, 0.5) is 0 Å². The Morgan fingerprint density at radius 2 is 1.48 bits per heavy atom. The third-order valence-electron chi connectivity index (χ3n) is 3.59. The molecule has 2 aromatic rings. The van der Waals surface area contributed by atoms with E-state index in [4.69, 9.17) is 4.74 Å². The van der Waals surface area contributed by atoms with Crippen molar-refractivity contribution in [1.82, 2.24) is 10.6 Å². The van der Waals surface area contributed by atoms with Crippen LogP contribution in [0.15, 0.2) is 53.0 Å². The van der Waals surface area contributed by atoms with E-state index in [1.165, 1.54) is 0 Å². The second-order valence-electron chi connectivity index (χ2n) is 5.49. The molecule has 2 amide bonds. The number of carbonyl (C=O) groups is 2. The highest BCUT2D eigenvalue weighted by molar-refractivity contribution is 9.10. The fourth-order valence-electron chi connectivity index (χ4n) is 2.18. The number of halogens is 1. The Hall–Kier alpha value is -2.18. The zero-order valence-electron chi connectivity index (χ0n) is 14.0. The lowest BCUT2D eigenvalue weighted by Gasteiger charge is -2.08. The van der Waals surface area contributed by atoms with E-state index in [-0.39, 0.29) is 11.8 Å². The molecule has 0 aromatic heterocycles. The molecule has 0 aliphatic rings. The topological polar surface area (TPSA) is 67.4 Å². The maximum atomic E-state index is 12.1. The summed E-state index contributed by atoms with van der Waals surface area (Å²) in [6.07, 6.45) is 0.780. The standard InChI is InChI=1S/C19H21BrN2O3/c1-25-12-2-11-21-18(23)15-5-3-14(4-6-15)13-22-19(24)16-7-9-17(20)10-8-16/h3-10H,2,11-13H2,1H3,(H,21,23)(H,22,24). The first-order valence-corrected chi connectivity index (χ1v) is 8.79. The van der Waals surface area contributed by atoms with Crippen LogP contribution in [-0.4, -0.2) is 32.1 Å². The smallest absolute Gasteiger partial charge is 0.251 e. The fraction of sp³-hybridized carbons (Fsp3) is 0.263. The van der Waals surface area contributed by atoms with Crippen molar-refractivity contribution in [3.05, 3.63) is 69.7 Å². The van der Waals surface area contributed by atoms with Gasteiger partial charge in [-0.2, -0.15) is 0 Å². The van der Waals surface area contributed by atoms with Crippen molar-refractivity contribution in [2.75, 3.05) is 20.3 Å². The van der Waals surface area contributed by atoms with Crippen molar-refractivity contribution < 1.29 is 14.3 Å². The Labute approximate surface area is 155 Å². The maximum Gasteiger partial charge on any atom is 0.251 e. The fourth-order valence-corrected chi connectivity index (χ4v) is 2.44.